The van der Waals surface area contributed by atoms with Crippen LogP contribution in [0.1, 0.15) is 64.7 Å². The number of Topliss-reactive ketones (excluding diaryl/α,β-unsaturated/α-hetero) is 1. The van der Waals surface area contributed by atoms with E-state index in [0.717, 1.165) is 42.4 Å². The fourth-order valence-corrected chi connectivity index (χ4v) is 5.78. The molecule has 0 N–H and O–H groups in total. The van der Waals surface area contributed by atoms with Gasteiger partial charge in [-0.05, 0) is 81.0 Å². The van der Waals surface area contributed by atoms with Crippen LogP contribution in [-0.2, 0) is 4.79 Å². The fraction of sp³-hybridized carbons (Fsp3) is 0.941. The van der Waals surface area contributed by atoms with Crippen LogP contribution in [0.25, 0.3) is 0 Å². The van der Waals surface area contributed by atoms with Gasteiger partial charge < -0.3 is 0 Å². The molecule has 100 valence electrons. The zero-order chi connectivity index (χ0) is 12.3. The Balaban J connectivity index is 1.47. The number of carbonyl (C=O) groups is 1. The van der Waals surface area contributed by atoms with Crippen molar-refractivity contribution in [2.75, 3.05) is 0 Å². The van der Waals surface area contributed by atoms with E-state index in [0.29, 0.717) is 5.78 Å². The van der Waals surface area contributed by atoms with Gasteiger partial charge in [-0.15, -0.1) is 0 Å². The third-order valence-electron chi connectivity index (χ3n) is 6.96. The lowest BCUT2D eigenvalue weighted by atomic mass is 9.51. The van der Waals surface area contributed by atoms with Gasteiger partial charge in [-0.3, -0.25) is 4.79 Å². The Hall–Kier alpha value is -0.330. The molecule has 0 heterocycles. The largest absolute Gasteiger partial charge is 0.299 e. The summed E-state index contributed by atoms with van der Waals surface area (Å²) in [6.45, 7) is 2.21. The summed E-state index contributed by atoms with van der Waals surface area (Å²) in [5.41, 5.74) is 0.161. The first-order chi connectivity index (χ1) is 8.70. The van der Waals surface area contributed by atoms with E-state index in [1.54, 1.807) is 0 Å². The van der Waals surface area contributed by atoms with Crippen molar-refractivity contribution in [1.29, 1.82) is 0 Å². The van der Waals surface area contributed by atoms with E-state index in [4.69, 9.17) is 0 Å². The number of ketones is 1. The summed E-state index contributed by atoms with van der Waals surface area (Å²) in [6.07, 6.45) is 11.8. The Morgan fingerprint density at radius 1 is 1.00 bits per heavy atom. The first-order valence-electron chi connectivity index (χ1n) is 8.23. The molecule has 5 rings (SSSR count). The molecule has 0 aromatic heterocycles. The van der Waals surface area contributed by atoms with Gasteiger partial charge in [-0.1, -0.05) is 6.92 Å². The Bertz CT molecular complexity index is 338. The van der Waals surface area contributed by atoms with Crippen LogP contribution in [0.3, 0.4) is 0 Å². The maximum absolute atomic E-state index is 12.6. The fourth-order valence-electron chi connectivity index (χ4n) is 5.78. The SMILES string of the molecule is CCC1(C(=O)CC2C3CC4CC(C3)CC2C4)CC1. The zero-order valence-corrected chi connectivity index (χ0v) is 11.7. The molecule has 0 saturated heterocycles. The summed E-state index contributed by atoms with van der Waals surface area (Å²) in [6, 6.07) is 0. The Morgan fingerprint density at radius 3 is 2.00 bits per heavy atom. The van der Waals surface area contributed by atoms with Gasteiger partial charge in [-0.2, -0.15) is 0 Å². The smallest absolute Gasteiger partial charge is 0.139 e. The molecule has 0 aromatic rings. The van der Waals surface area contributed by atoms with Crippen molar-refractivity contribution in [2.24, 2.45) is 35.0 Å². The van der Waals surface area contributed by atoms with Crippen molar-refractivity contribution in [2.45, 2.75) is 64.7 Å². The first kappa shape index (κ1) is 11.5. The average molecular weight is 246 g/mol. The molecule has 0 aromatic carbocycles. The molecule has 0 amide bonds. The molecule has 1 nitrogen and oxygen atoms in total. The van der Waals surface area contributed by atoms with Crippen molar-refractivity contribution >= 4 is 5.78 Å². The summed E-state index contributed by atoms with van der Waals surface area (Å²) < 4.78 is 0. The predicted octanol–water partition coefficient (Wildman–Crippen LogP) is 4.21. The van der Waals surface area contributed by atoms with E-state index in [1.165, 1.54) is 44.9 Å². The molecule has 0 unspecified atom stereocenters. The molecule has 0 radical (unpaired) electrons. The van der Waals surface area contributed by atoms with Crippen LogP contribution < -0.4 is 0 Å². The summed E-state index contributed by atoms with van der Waals surface area (Å²) in [7, 11) is 0. The molecule has 5 saturated carbocycles. The van der Waals surface area contributed by atoms with Gasteiger partial charge in [-0.25, -0.2) is 0 Å². The van der Waals surface area contributed by atoms with E-state index in [2.05, 4.69) is 6.92 Å². The standard InChI is InChI=1S/C17H26O/c1-2-17(3-4-17)16(18)10-15-13-6-11-5-12(8-13)9-14(15)7-11/h11-15H,2-10H2,1H3. The molecular weight excluding hydrogens is 220 g/mol. The highest BCUT2D eigenvalue weighted by molar-refractivity contribution is 5.87. The van der Waals surface area contributed by atoms with E-state index in [1.807, 2.05) is 0 Å². The average Bonchev–Trinajstić information content (AvgIpc) is 3.13. The first-order valence-corrected chi connectivity index (χ1v) is 8.23. The van der Waals surface area contributed by atoms with Crippen LogP contribution in [0, 0.1) is 35.0 Å². The minimum atomic E-state index is 0.161. The van der Waals surface area contributed by atoms with Crippen molar-refractivity contribution in [1.82, 2.24) is 0 Å². The normalized spacial score (nSPS) is 47.3. The van der Waals surface area contributed by atoms with Gasteiger partial charge in [0.25, 0.3) is 0 Å². The highest BCUT2D eigenvalue weighted by Crippen LogP contribution is 2.59. The molecule has 0 aliphatic heterocycles. The van der Waals surface area contributed by atoms with Gasteiger partial charge in [0, 0.05) is 11.8 Å². The van der Waals surface area contributed by atoms with E-state index >= 15 is 0 Å². The molecule has 5 fully saturated rings. The van der Waals surface area contributed by atoms with Gasteiger partial charge in [0.05, 0.1) is 0 Å². The van der Waals surface area contributed by atoms with Gasteiger partial charge >= 0.3 is 0 Å². The third-order valence-corrected chi connectivity index (χ3v) is 6.96. The highest BCUT2D eigenvalue weighted by atomic mass is 16.1. The quantitative estimate of drug-likeness (QED) is 0.726. The van der Waals surface area contributed by atoms with Crippen molar-refractivity contribution in [3.05, 3.63) is 0 Å². The zero-order valence-electron chi connectivity index (χ0n) is 11.7. The lowest BCUT2D eigenvalue weighted by Crippen LogP contribution is -2.46. The summed E-state index contributed by atoms with van der Waals surface area (Å²) in [4.78, 5) is 12.6. The van der Waals surface area contributed by atoms with Crippen LogP contribution in [-0.4, -0.2) is 5.78 Å². The van der Waals surface area contributed by atoms with Crippen LogP contribution in [0.5, 0.6) is 0 Å². The molecule has 0 spiro atoms. The monoisotopic (exact) mass is 246 g/mol. The van der Waals surface area contributed by atoms with E-state index < -0.39 is 0 Å². The molecular formula is C17H26O. The Labute approximate surface area is 111 Å². The minimum absolute atomic E-state index is 0.161. The molecule has 0 atom stereocenters. The lowest BCUT2D eigenvalue weighted by Gasteiger charge is -2.54. The maximum atomic E-state index is 12.6. The highest BCUT2D eigenvalue weighted by Gasteiger charge is 2.52. The minimum Gasteiger partial charge on any atom is -0.299 e. The maximum Gasteiger partial charge on any atom is 0.139 e. The summed E-state index contributed by atoms with van der Waals surface area (Å²) in [5.74, 6) is 5.37. The molecule has 18 heavy (non-hydrogen) atoms. The third kappa shape index (κ3) is 1.62. The van der Waals surface area contributed by atoms with Crippen LogP contribution in [0.15, 0.2) is 0 Å². The topological polar surface area (TPSA) is 17.1 Å². The van der Waals surface area contributed by atoms with E-state index in [-0.39, 0.29) is 5.41 Å². The summed E-state index contributed by atoms with van der Waals surface area (Å²) >= 11 is 0. The Morgan fingerprint density at radius 2 is 1.56 bits per heavy atom. The molecule has 5 aliphatic rings. The van der Waals surface area contributed by atoms with Gasteiger partial charge in [0.1, 0.15) is 5.78 Å². The van der Waals surface area contributed by atoms with Crippen LogP contribution in [0.4, 0.5) is 0 Å². The van der Waals surface area contributed by atoms with Crippen molar-refractivity contribution < 1.29 is 4.79 Å². The van der Waals surface area contributed by atoms with Gasteiger partial charge in [0.2, 0.25) is 0 Å². The number of hydrogen-bond donors (Lipinski definition) is 0. The number of rotatable bonds is 4. The number of carbonyl (C=O) groups excluding carboxylic acids is 1. The predicted molar refractivity (Wildman–Crippen MR) is 72.1 cm³/mol. The van der Waals surface area contributed by atoms with Crippen LogP contribution >= 0.6 is 0 Å². The second-order valence-corrected chi connectivity index (χ2v) is 7.86. The van der Waals surface area contributed by atoms with Crippen molar-refractivity contribution in [3.63, 3.8) is 0 Å². The lowest BCUT2D eigenvalue weighted by molar-refractivity contribution is -0.129. The molecule has 5 aliphatic carbocycles. The van der Waals surface area contributed by atoms with Crippen molar-refractivity contribution in [3.8, 4) is 0 Å². The second-order valence-electron chi connectivity index (χ2n) is 7.86. The van der Waals surface area contributed by atoms with Crippen LogP contribution in [0.2, 0.25) is 0 Å². The van der Waals surface area contributed by atoms with Gasteiger partial charge in [0.15, 0.2) is 0 Å². The second kappa shape index (κ2) is 3.84. The Kier molecular flexibility index (Phi) is 2.45. The molecule has 1 heteroatoms. The van der Waals surface area contributed by atoms with E-state index in [9.17, 15) is 4.79 Å². The molecule has 4 bridgehead atoms. The number of hydrogen-bond acceptors (Lipinski definition) is 1. The summed E-state index contributed by atoms with van der Waals surface area (Å²) in [5, 5.41) is 0.